The highest BCUT2D eigenvalue weighted by atomic mass is 14.9. The molecule has 3 N–H and O–H groups in total. The van der Waals surface area contributed by atoms with Gasteiger partial charge in [-0.2, -0.15) is 0 Å². The molecular weight excluding hydrogens is 196 g/mol. The van der Waals surface area contributed by atoms with Crippen LogP contribution in [-0.4, -0.2) is 13.1 Å². The van der Waals surface area contributed by atoms with E-state index < -0.39 is 0 Å². The maximum absolute atomic E-state index is 5.77. The first-order valence-electron chi connectivity index (χ1n) is 5.84. The molecule has 0 aliphatic heterocycles. The van der Waals surface area contributed by atoms with Crippen LogP contribution in [0.2, 0.25) is 0 Å². The van der Waals surface area contributed by atoms with Crippen molar-refractivity contribution < 1.29 is 0 Å². The van der Waals surface area contributed by atoms with Gasteiger partial charge in [0.15, 0.2) is 0 Å². The van der Waals surface area contributed by atoms with Crippen molar-refractivity contribution in [1.29, 1.82) is 0 Å². The second kappa shape index (κ2) is 6.46. The lowest BCUT2D eigenvalue weighted by Gasteiger charge is -2.17. The molecule has 0 amide bonds. The van der Waals surface area contributed by atoms with Crippen LogP contribution in [0.1, 0.15) is 31.0 Å². The van der Waals surface area contributed by atoms with Crippen LogP contribution < -0.4 is 11.1 Å². The van der Waals surface area contributed by atoms with Gasteiger partial charge in [-0.25, -0.2) is 0 Å². The normalized spacial score (nSPS) is 12.4. The standard InChI is InChI=1S/C14H22N2/c1-4-12-5-7-13(8-6-12)14(9-15)16-10-11(2)3/h5-8,14,16H,2,4,9-10,15H2,1,3H3. The summed E-state index contributed by atoms with van der Waals surface area (Å²) in [5, 5.41) is 3.40. The molecule has 0 bridgehead atoms. The lowest BCUT2D eigenvalue weighted by Crippen LogP contribution is -2.29. The molecule has 16 heavy (non-hydrogen) atoms. The third kappa shape index (κ3) is 3.80. The number of aryl methyl sites for hydroxylation is 1. The summed E-state index contributed by atoms with van der Waals surface area (Å²) < 4.78 is 0. The summed E-state index contributed by atoms with van der Waals surface area (Å²) in [5.74, 6) is 0. The molecule has 1 aromatic rings. The molecule has 2 nitrogen and oxygen atoms in total. The van der Waals surface area contributed by atoms with Crippen molar-refractivity contribution in [3.63, 3.8) is 0 Å². The Labute approximate surface area is 98.6 Å². The van der Waals surface area contributed by atoms with Crippen LogP contribution in [-0.2, 0) is 6.42 Å². The second-order valence-corrected chi connectivity index (χ2v) is 4.22. The molecule has 1 aromatic carbocycles. The number of hydrogen-bond acceptors (Lipinski definition) is 2. The van der Waals surface area contributed by atoms with Crippen LogP contribution in [0, 0.1) is 0 Å². The van der Waals surface area contributed by atoms with E-state index in [2.05, 4.69) is 43.1 Å². The van der Waals surface area contributed by atoms with Gasteiger partial charge in [-0.1, -0.05) is 43.3 Å². The Kier molecular flexibility index (Phi) is 5.23. The average Bonchev–Trinajstić information content (AvgIpc) is 2.30. The van der Waals surface area contributed by atoms with Crippen LogP contribution in [0.25, 0.3) is 0 Å². The zero-order chi connectivity index (χ0) is 12.0. The van der Waals surface area contributed by atoms with Crippen LogP contribution in [0.4, 0.5) is 0 Å². The second-order valence-electron chi connectivity index (χ2n) is 4.22. The van der Waals surface area contributed by atoms with Crippen molar-refractivity contribution >= 4 is 0 Å². The topological polar surface area (TPSA) is 38.0 Å². The predicted octanol–water partition coefficient (Wildman–Crippen LogP) is 2.41. The van der Waals surface area contributed by atoms with Crippen LogP contribution >= 0.6 is 0 Å². The zero-order valence-corrected chi connectivity index (χ0v) is 10.3. The van der Waals surface area contributed by atoms with E-state index in [9.17, 15) is 0 Å². The fourth-order valence-electron chi connectivity index (χ4n) is 1.62. The number of nitrogens with two attached hydrogens (primary N) is 1. The quantitative estimate of drug-likeness (QED) is 0.720. The molecule has 1 rings (SSSR count). The van der Waals surface area contributed by atoms with Gasteiger partial charge in [0, 0.05) is 19.1 Å². The van der Waals surface area contributed by atoms with Gasteiger partial charge in [-0.15, -0.1) is 0 Å². The van der Waals surface area contributed by atoms with E-state index in [1.165, 1.54) is 11.1 Å². The van der Waals surface area contributed by atoms with Crippen molar-refractivity contribution in [2.75, 3.05) is 13.1 Å². The molecule has 0 spiro atoms. The van der Waals surface area contributed by atoms with Gasteiger partial charge < -0.3 is 11.1 Å². The smallest absolute Gasteiger partial charge is 0.0447 e. The zero-order valence-electron chi connectivity index (χ0n) is 10.3. The highest BCUT2D eigenvalue weighted by Gasteiger charge is 2.07. The molecule has 0 aliphatic carbocycles. The van der Waals surface area contributed by atoms with E-state index in [0.29, 0.717) is 6.54 Å². The van der Waals surface area contributed by atoms with E-state index in [-0.39, 0.29) is 6.04 Å². The molecule has 0 aliphatic rings. The Bertz CT molecular complexity index is 327. The molecular formula is C14H22N2. The summed E-state index contributed by atoms with van der Waals surface area (Å²) in [6.45, 7) is 9.48. The number of hydrogen-bond donors (Lipinski definition) is 2. The van der Waals surface area contributed by atoms with Crippen molar-refractivity contribution in [2.24, 2.45) is 5.73 Å². The lowest BCUT2D eigenvalue weighted by atomic mass is 10.0. The minimum atomic E-state index is 0.225. The molecule has 0 saturated heterocycles. The minimum absolute atomic E-state index is 0.225. The maximum Gasteiger partial charge on any atom is 0.0447 e. The third-order valence-corrected chi connectivity index (χ3v) is 2.68. The fourth-order valence-corrected chi connectivity index (χ4v) is 1.62. The van der Waals surface area contributed by atoms with Crippen molar-refractivity contribution in [3.05, 3.63) is 47.5 Å². The van der Waals surface area contributed by atoms with Crippen molar-refractivity contribution in [2.45, 2.75) is 26.3 Å². The van der Waals surface area contributed by atoms with Crippen LogP contribution in [0.3, 0.4) is 0 Å². The van der Waals surface area contributed by atoms with Crippen LogP contribution in [0.15, 0.2) is 36.4 Å². The Balaban J connectivity index is 2.66. The highest BCUT2D eigenvalue weighted by molar-refractivity contribution is 5.25. The maximum atomic E-state index is 5.77. The van der Waals surface area contributed by atoms with E-state index in [1.54, 1.807) is 0 Å². The molecule has 0 aromatic heterocycles. The summed E-state index contributed by atoms with van der Waals surface area (Å²) in [7, 11) is 0. The van der Waals surface area contributed by atoms with Gasteiger partial charge in [-0.05, 0) is 24.5 Å². The average molecular weight is 218 g/mol. The third-order valence-electron chi connectivity index (χ3n) is 2.68. The molecule has 0 radical (unpaired) electrons. The summed E-state index contributed by atoms with van der Waals surface area (Å²) in [4.78, 5) is 0. The lowest BCUT2D eigenvalue weighted by molar-refractivity contribution is 0.569. The Morgan fingerprint density at radius 1 is 1.38 bits per heavy atom. The number of benzene rings is 1. The summed E-state index contributed by atoms with van der Waals surface area (Å²) in [6.07, 6.45) is 1.08. The minimum Gasteiger partial charge on any atom is -0.329 e. The molecule has 0 fully saturated rings. The number of rotatable bonds is 6. The Hall–Kier alpha value is -1.12. The Morgan fingerprint density at radius 3 is 2.44 bits per heavy atom. The molecule has 1 unspecified atom stereocenters. The van der Waals surface area contributed by atoms with Gasteiger partial charge >= 0.3 is 0 Å². The fraction of sp³-hybridized carbons (Fsp3) is 0.429. The first-order valence-corrected chi connectivity index (χ1v) is 5.84. The summed E-state index contributed by atoms with van der Waals surface area (Å²) in [5.41, 5.74) is 9.51. The van der Waals surface area contributed by atoms with Gasteiger partial charge in [0.05, 0.1) is 0 Å². The monoisotopic (exact) mass is 218 g/mol. The van der Waals surface area contributed by atoms with Gasteiger partial charge in [0.1, 0.15) is 0 Å². The predicted molar refractivity (Wildman–Crippen MR) is 70.4 cm³/mol. The SMILES string of the molecule is C=C(C)CNC(CN)c1ccc(CC)cc1. The van der Waals surface area contributed by atoms with E-state index in [1.807, 2.05) is 6.92 Å². The first-order chi connectivity index (χ1) is 7.67. The Morgan fingerprint density at radius 2 is 2.00 bits per heavy atom. The van der Waals surface area contributed by atoms with Crippen molar-refractivity contribution in [1.82, 2.24) is 5.32 Å². The van der Waals surface area contributed by atoms with E-state index >= 15 is 0 Å². The van der Waals surface area contributed by atoms with E-state index in [4.69, 9.17) is 5.73 Å². The molecule has 88 valence electrons. The van der Waals surface area contributed by atoms with Gasteiger partial charge in [-0.3, -0.25) is 0 Å². The summed E-state index contributed by atoms with van der Waals surface area (Å²) in [6, 6.07) is 8.87. The van der Waals surface area contributed by atoms with Gasteiger partial charge in [0.25, 0.3) is 0 Å². The van der Waals surface area contributed by atoms with Crippen molar-refractivity contribution in [3.8, 4) is 0 Å². The molecule has 1 atom stereocenters. The molecule has 2 heteroatoms. The molecule has 0 heterocycles. The highest BCUT2D eigenvalue weighted by Crippen LogP contribution is 2.13. The van der Waals surface area contributed by atoms with E-state index in [0.717, 1.165) is 18.5 Å². The first kappa shape index (κ1) is 12.9. The number of nitrogens with one attached hydrogen (secondary N) is 1. The summed E-state index contributed by atoms with van der Waals surface area (Å²) >= 11 is 0. The van der Waals surface area contributed by atoms with Crippen LogP contribution in [0.5, 0.6) is 0 Å². The van der Waals surface area contributed by atoms with Gasteiger partial charge in [0.2, 0.25) is 0 Å². The molecule has 0 saturated carbocycles. The largest absolute Gasteiger partial charge is 0.329 e.